The third-order valence-corrected chi connectivity index (χ3v) is 5.16. The molecule has 1 saturated heterocycles. The lowest BCUT2D eigenvalue weighted by Crippen LogP contribution is -2.40. The molecule has 1 aliphatic rings. The highest BCUT2D eigenvalue weighted by atomic mass is 16.2. The predicted octanol–water partition coefficient (Wildman–Crippen LogP) is 0.622. The van der Waals surface area contributed by atoms with Gasteiger partial charge in [-0.05, 0) is 46.3 Å². The number of aryl methyl sites for hydroxylation is 3. The molecule has 10 heteroatoms. The fourth-order valence-corrected chi connectivity index (χ4v) is 3.60. The zero-order chi connectivity index (χ0) is 22.5. The van der Waals surface area contributed by atoms with Gasteiger partial charge in [-0.1, -0.05) is 0 Å². The minimum atomic E-state index is -0.108. The van der Waals surface area contributed by atoms with Gasteiger partial charge in [0.25, 0.3) is 5.95 Å². The Morgan fingerprint density at radius 2 is 1.55 bits per heavy atom. The highest BCUT2D eigenvalue weighted by Crippen LogP contribution is 2.15. The summed E-state index contributed by atoms with van der Waals surface area (Å²) in [5, 5.41) is 7.41. The van der Waals surface area contributed by atoms with E-state index >= 15 is 0 Å². The zero-order valence-corrected chi connectivity index (χ0v) is 19.1. The van der Waals surface area contributed by atoms with E-state index in [-0.39, 0.29) is 18.4 Å². The Morgan fingerprint density at radius 3 is 2.16 bits per heavy atom. The summed E-state index contributed by atoms with van der Waals surface area (Å²) in [6.07, 6.45) is 0.918. The minimum absolute atomic E-state index is 0.100. The van der Waals surface area contributed by atoms with Crippen LogP contribution in [0.4, 0.5) is 5.82 Å². The van der Waals surface area contributed by atoms with Crippen molar-refractivity contribution < 1.29 is 9.59 Å². The van der Waals surface area contributed by atoms with E-state index in [1.807, 2.05) is 32.9 Å². The molecule has 0 saturated carbocycles. The lowest BCUT2D eigenvalue weighted by atomic mass is 10.3. The van der Waals surface area contributed by atoms with E-state index in [0.717, 1.165) is 49.7 Å². The van der Waals surface area contributed by atoms with Gasteiger partial charge in [0.1, 0.15) is 5.82 Å². The van der Waals surface area contributed by atoms with Crippen LogP contribution in [-0.2, 0) is 9.59 Å². The number of nitrogens with one attached hydrogen (secondary N) is 1. The highest BCUT2D eigenvalue weighted by molar-refractivity contribution is 5.91. The molecule has 1 aliphatic heterocycles. The maximum absolute atomic E-state index is 12.8. The summed E-state index contributed by atoms with van der Waals surface area (Å²) in [5.74, 6) is 0.990. The Bertz CT molecular complexity index is 919. The monoisotopic (exact) mass is 428 g/mol. The number of likely N-dealkylation sites (N-methyl/N-ethyl adjacent to an activating group) is 1. The fourth-order valence-electron chi connectivity index (χ4n) is 3.60. The summed E-state index contributed by atoms with van der Waals surface area (Å²) in [4.78, 5) is 39.5. The first kappa shape index (κ1) is 22.8. The van der Waals surface area contributed by atoms with Gasteiger partial charge in [0, 0.05) is 44.6 Å². The maximum Gasteiger partial charge on any atom is 0.252 e. The molecule has 3 rings (SSSR count). The fraction of sp³-hybridized carbons (Fsp3) is 0.571. The molecule has 1 fully saturated rings. The van der Waals surface area contributed by atoms with Gasteiger partial charge in [0.05, 0.1) is 18.8 Å². The second kappa shape index (κ2) is 9.97. The maximum atomic E-state index is 12.8. The van der Waals surface area contributed by atoms with Crippen molar-refractivity contribution in [2.24, 2.45) is 0 Å². The molecule has 3 heterocycles. The number of carbonyl (C=O) groups is 2. The van der Waals surface area contributed by atoms with Gasteiger partial charge < -0.3 is 10.2 Å². The molecule has 0 aromatic carbocycles. The van der Waals surface area contributed by atoms with Crippen molar-refractivity contribution in [1.82, 2.24) is 34.4 Å². The first-order valence-electron chi connectivity index (χ1n) is 10.6. The third-order valence-electron chi connectivity index (χ3n) is 5.16. The minimum Gasteiger partial charge on any atom is -0.348 e. The number of anilines is 1. The number of carbonyl (C=O) groups excluding carboxylic acids is 2. The van der Waals surface area contributed by atoms with Gasteiger partial charge in [-0.3, -0.25) is 19.4 Å². The van der Waals surface area contributed by atoms with Crippen molar-refractivity contribution in [2.45, 2.75) is 27.2 Å². The van der Waals surface area contributed by atoms with Crippen LogP contribution in [0, 0.1) is 20.8 Å². The zero-order valence-electron chi connectivity index (χ0n) is 19.1. The standard InChI is InChI=1S/C21H32N8O2/c1-15-11-16(2)23-21(22-15)29-18(12-17(3)25-29)24-19(30)13-27-7-6-8-28(10-9-27)14-20(31)26(4)5/h11-12H,6-10,13-14H2,1-5H3,(H,24,30). The first-order chi connectivity index (χ1) is 14.7. The second-order valence-electron chi connectivity index (χ2n) is 8.28. The van der Waals surface area contributed by atoms with Gasteiger partial charge >= 0.3 is 0 Å². The Kier molecular flexibility index (Phi) is 7.34. The Morgan fingerprint density at radius 1 is 0.935 bits per heavy atom. The quantitative estimate of drug-likeness (QED) is 0.720. The van der Waals surface area contributed by atoms with E-state index in [1.54, 1.807) is 23.7 Å². The average molecular weight is 429 g/mol. The summed E-state index contributed by atoms with van der Waals surface area (Å²) < 4.78 is 1.57. The van der Waals surface area contributed by atoms with Gasteiger partial charge in [-0.15, -0.1) is 0 Å². The first-order valence-corrected chi connectivity index (χ1v) is 10.6. The number of aromatic nitrogens is 4. The molecule has 0 spiro atoms. The summed E-state index contributed by atoms with van der Waals surface area (Å²) in [6, 6.07) is 3.71. The van der Waals surface area contributed by atoms with Crippen LogP contribution >= 0.6 is 0 Å². The van der Waals surface area contributed by atoms with E-state index in [2.05, 4.69) is 30.2 Å². The molecule has 10 nitrogen and oxygen atoms in total. The van der Waals surface area contributed by atoms with E-state index < -0.39 is 0 Å². The molecule has 2 aromatic heterocycles. The summed E-state index contributed by atoms with van der Waals surface area (Å²) in [6.45, 7) is 9.56. The molecule has 0 radical (unpaired) electrons. The smallest absolute Gasteiger partial charge is 0.252 e. The normalized spacial score (nSPS) is 15.5. The van der Waals surface area contributed by atoms with Crippen molar-refractivity contribution in [3.05, 3.63) is 29.2 Å². The summed E-state index contributed by atoms with van der Waals surface area (Å²) in [5.41, 5.74) is 2.46. The molecule has 0 aliphatic carbocycles. The van der Waals surface area contributed by atoms with Crippen LogP contribution in [-0.4, -0.2) is 99.6 Å². The summed E-state index contributed by atoms with van der Waals surface area (Å²) >= 11 is 0. The molecule has 31 heavy (non-hydrogen) atoms. The third kappa shape index (κ3) is 6.31. The van der Waals surface area contributed by atoms with Gasteiger partial charge in [0.15, 0.2) is 0 Å². The van der Waals surface area contributed by atoms with Crippen LogP contribution in [0.5, 0.6) is 0 Å². The van der Waals surface area contributed by atoms with Crippen LogP contribution < -0.4 is 5.32 Å². The SMILES string of the molecule is Cc1cc(C)nc(-n2nc(C)cc2NC(=O)CN2CCCN(CC(=O)N(C)C)CC2)n1. The topological polar surface area (TPSA) is 99.5 Å². The Labute approximate surface area is 183 Å². The number of hydrogen-bond acceptors (Lipinski definition) is 7. The number of amides is 2. The van der Waals surface area contributed by atoms with Crippen molar-refractivity contribution >= 4 is 17.6 Å². The van der Waals surface area contributed by atoms with E-state index in [9.17, 15) is 9.59 Å². The van der Waals surface area contributed by atoms with Crippen LogP contribution in [0.1, 0.15) is 23.5 Å². The number of nitrogens with zero attached hydrogens (tertiary/aromatic N) is 7. The van der Waals surface area contributed by atoms with Gasteiger partial charge in [-0.2, -0.15) is 9.78 Å². The molecule has 0 bridgehead atoms. The van der Waals surface area contributed by atoms with E-state index in [4.69, 9.17) is 0 Å². The van der Waals surface area contributed by atoms with Crippen molar-refractivity contribution in [1.29, 1.82) is 0 Å². The molecule has 0 atom stereocenters. The summed E-state index contributed by atoms with van der Waals surface area (Å²) in [7, 11) is 3.54. The lowest BCUT2D eigenvalue weighted by Gasteiger charge is -2.22. The predicted molar refractivity (Wildman–Crippen MR) is 118 cm³/mol. The Hall–Kier alpha value is -2.85. The van der Waals surface area contributed by atoms with Gasteiger partial charge in [-0.25, -0.2) is 9.97 Å². The molecule has 2 aromatic rings. The molecular weight excluding hydrogens is 396 g/mol. The van der Waals surface area contributed by atoms with Crippen molar-refractivity contribution in [3.63, 3.8) is 0 Å². The Balaban J connectivity index is 1.61. The largest absolute Gasteiger partial charge is 0.348 e. The molecule has 168 valence electrons. The molecule has 0 unspecified atom stereocenters. The van der Waals surface area contributed by atoms with Crippen molar-refractivity contribution in [3.8, 4) is 5.95 Å². The number of hydrogen-bond donors (Lipinski definition) is 1. The van der Waals surface area contributed by atoms with E-state index in [0.29, 0.717) is 18.3 Å². The van der Waals surface area contributed by atoms with Crippen LogP contribution in [0.15, 0.2) is 12.1 Å². The molecule has 2 amide bonds. The number of rotatable bonds is 6. The second-order valence-corrected chi connectivity index (χ2v) is 8.28. The average Bonchev–Trinajstić information content (AvgIpc) is 2.89. The van der Waals surface area contributed by atoms with E-state index in [1.165, 1.54) is 0 Å². The lowest BCUT2D eigenvalue weighted by molar-refractivity contribution is -0.129. The van der Waals surface area contributed by atoms with Crippen molar-refractivity contribution in [2.75, 3.05) is 58.7 Å². The molecule has 1 N–H and O–H groups in total. The highest BCUT2D eigenvalue weighted by Gasteiger charge is 2.20. The van der Waals surface area contributed by atoms with Crippen LogP contribution in [0.3, 0.4) is 0 Å². The van der Waals surface area contributed by atoms with Crippen LogP contribution in [0.25, 0.3) is 5.95 Å². The van der Waals surface area contributed by atoms with Gasteiger partial charge in [0.2, 0.25) is 11.8 Å². The van der Waals surface area contributed by atoms with Crippen LogP contribution in [0.2, 0.25) is 0 Å². The molecular formula is C21H32N8O2.